The van der Waals surface area contributed by atoms with Gasteiger partial charge in [-0.05, 0) is 78.8 Å². The van der Waals surface area contributed by atoms with E-state index in [1.807, 2.05) is 11.3 Å². The highest BCUT2D eigenvalue weighted by molar-refractivity contribution is 8.93. The van der Waals surface area contributed by atoms with Crippen LogP contribution in [0.3, 0.4) is 0 Å². The van der Waals surface area contributed by atoms with E-state index >= 15 is 0 Å². The molecule has 162 valence electrons. The Bertz CT molecular complexity index is 831. The SMILES string of the molecule is Br.C.CCc1cc2c(cc1-c1csc(C3CCNCC3)n1)C(C)(C)CCC2(C)C. The van der Waals surface area contributed by atoms with Crippen molar-refractivity contribution >= 4 is 28.3 Å². The fraction of sp³-hybridized carbons (Fsp3) is 0.640. The van der Waals surface area contributed by atoms with E-state index in [0.29, 0.717) is 5.92 Å². The summed E-state index contributed by atoms with van der Waals surface area (Å²) in [6.07, 6.45) is 6.04. The van der Waals surface area contributed by atoms with Crippen LogP contribution in [0.2, 0.25) is 0 Å². The molecule has 1 aliphatic heterocycles. The maximum Gasteiger partial charge on any atom is 0.0964 e. The van der Waals surface area contributed by atoms with Crippen molar-refractivity contribution in [3.05, 3.63) is 39.2 Å². The molecule has 0 atom stereocenters. The maximum atomic E-state index is 5.14. The highest BCUT2D eigenvalue weighted by Crippen LogP contribution is 2.48. The highest BCUT2D eigenvalue weighted by Gasteiger charge is 2.37. The molecule has 4 heteroatoms. The largest absolute Gasteiger partial charge is 0.317 e. The molecule has 1 saturated heterocycles. The Kier molecular flexibility index (Phi) is 7.79. The summed E-state index contributed by atoms with van der Waals surface area (Å²) in [5.41, 5.74) is 7.66. The molecule has 1 N–H and O–H groups in total. The van der Waals surface area contributed by atoms with Crippen molar-refractivity contribution in [1.82, 2.24) is 10.3 Å². The first kappa shape index (κ1) is 24.6. The molecule has 2 nitrogen and oxygen atoms in total. The van der Waals surface area contributed by atoms with Gasteiger partial charge in [-0.1, -0.05) is 48.1 Å². The number of benzene rings is 1. The Labute approximate surface area is 192 Å². The molecule has 2 heterocycles. The summed E-state index contributed by atoms with van der Waals surface area (Å²) >= 11 is 1.87. The van der Waals surface area contributed by atoms with Gasteiger partial charge in [0.05, 0.1) is 10.7 Å². The molecule has 0 radical (unpaired) electrons. The van der Waals surface area contributed by atoms with E-state index in [9.17, 15) is 0 Å². The van der Waals surface area contributed by atoms with E-state index in [-0.39, 0.29) is 35.2 Å². The summed E-state index contributed by atoms with van der Waals surface area (Å²) in [6, 6.07) is 5.01. The van der Waals surface area contributed by atoms with Crippen LogP contribution in [0.15, 0.2) is 17.5 Å². The summed E-state index contributed by atoms with van der Waals surface area (Å²) in [5, 5.41) is 7.11. The van der Waals surface area contributed by atoms with Crippen molar-refractivity contribution < 1.29 is 0 Å². The first-order valence-electron chi connectivity index (χ1n) is 10.7. The van der Waals surface area contributed by atoms with Crippen molar-refractivity contribution in [3.8, 4) is 11.3 Å². The summed E-state index contributed by atoms with van der Waals surface area (Å²) in [5.74, 6) is 0.642. The van der Waals surface area contributed by atoms with E-state index in [0.717, 1.165) is 19.5 Å². The van der Waals surface area contributed by atoms with Crippen molar-refractivity contribution in [2.24, 2.45) is 0 Å². The van der Waals surface area contributed by atoms with Crippen LogP contribution >= 0.6 is 28.3 Å². The molecule has 0 bridgehead atoms. The Hall–Kier alpha value is -0.710. The Morgan fingerprint density at radius 1 is 1.03 bits per heavy atom. The van der Waals surface area contributed by atoms with Gasteiger partial charge in [-0.25, -0.2) is 4.98 Å². The van der Waals surface area contributed by atoms with Gasteiger partial charge in [-0.15, -0.1) is 28.3 Å². The quantitative estimate of drug-likeness (QED) is 0.496. The standard InChI is InChI=1S/C24H34N2S.CH4.BrH/c1-6-16-13-19-20(24(4,5)10-9-23(19,2)3)14-18(16)21-15-27-22(26-21)17-7-11-25-12-8-17;;/h13-15,17,25H,6-12H2,1-5H3;1H4;1H. The van der Waals surface area contributed by atoms with Crippen LogP contribution in [-0.2, 0) is 17.3 Å². The van der Waals surface area contributed by atoms with Gasteiger partial charge in [-0.2, -0.15) is 0 Å². The lowest BCUT2D eigenvalue weighted by Crippen LogP contribution is -2.34. The van der Waals surface area contributed by atoms with Gasteiger partial charge in [0.1, 0.15) is 0 Å². The number of nitrogens with zero attached hydrogens (tertiary/aromatic N) is 1. The minimum Gasteiger partial charge on any atom is -0.317 e. The van der Waals surface area contributed by atoms with Gasteiger partial charge in [0.2, 0.25) is 0 Å². The van der Waals surface area contributed by atoms with Crippen LogP contribution in [-0.4, -0.2) is 18.1 Å². The van der Waals surface area contributed by atoms with Crippen LogP contribution in [0.5, 0.6) is 0 Å². The Morgan fingerprint density at radius 2 is 1.62 bits per heavy atom. The average molecular weight is 480 g/mol. The molecular weight excluding hydrogens is 440 g/mol. The number of halogens is 1. The smallest absolute Gasteiger partial charge is 0.0964 e. The van der Waals surface area contributed by atoms with Crippen molar-refractivity contribution in [3.63, 3.8) is 0 Å². The van der Waals surface area contributed by atoms with Gasteiger partial charge in [-0.3, -0.25) is 0 Å². The Morgan fingerprint density at radius 3 is 2.21 bits per heavy atom. The summed E-state index contributed by atoms with van der Waals surface area (Å²) in [7, 11) is 0. The normalized spacial score (nSPS) is 20.3. The number of aryl methyl sites for hydroxylation is 1. The molecular formula is C25H39BrN2S. The lowest BCUT2D eigenvalue weighted by atomic mass is 9.62. The topological polar surface area (TPSA) is 24.9 Å². The van der Waals surface area contributed by atoms with Crippen LogP contribution in [0.25, 0.3) is 11.3 Å². The predicted molar refractivity (Wildman–Crippen MR) is 134 cm³/mol. The number of piperidine rings is 1. The zero-order valence-electron chi connectivity index (χ0n) is 18.0. The third-order valence-electron chi connectivity index (χ3n) is 6.94. The van der Waals surface area contributed by atoms with Gasteiger partial charge in [0, 0.05) is 16.9 Å². The van der Waals surface area contributed by atoms with Crippen LogP contribution in [0, 0.1) is 0 Å². The highest BCUT2D eigenvalue weighted by atomic mass is 79.9. The molecule has 4 rings (SSSR count). The first-order chi connectivity index (χ1) is 12.8. The van der Waals surface area contributed by atoms with E-state index in [2.05, 4.69) is 57.4 Å². The van der Waals surface area contributed by atoms with Gasteiger partial charge in [0.15, 0.2) is 0 Å². The third-order valence-corrected chi connectivity index (χ3v) is 7.95. The lowest BCUT2D eigenvalue weighted by Gasteiger charge is -2.42. The van der Waals surface area contributed by atoms with Crippen molar-refractivity contribution in [2.75, 3.05) is 13.1 Å². The molecule has 2 aliphatic rings. The van der Waals surface area contributed by atoms with E-state index < -0.39 is 0 Å². The van der Waals surface area contributed by atoms with Crippen LogP contribution in [0.1, 0.15) is 95.3 Å². The van der Waals surface area contributed by atoms with E-state index in [1.54, 1.807) is 11.1 Å². The van der Waals surface area contributed by atoms with Gasteiger partial charge >= 0.3 is 0 Å². The minimum atomic E-state index is 0. The Balaban J connectivity index is 0.00000150. The molecule has 2 aromatic rings. The minimum absolute atomic E-state index is 0. The molecule has 1 aromatic heterocycles. The predicted octanol–water partition coefficient (Wildman–Crippen LogP) is 7.40. The molecule has 1 aromatic carbocycles. The summed E-state index contributed by atoms with van der Waals surface area (Å²) < 4.78 is 0. The molecule has 0 amide bonds. The van der Waals surface area contributed by atoms with Gasteiger partial charge in [0.25, 0.3) is 0 Å². The summed E-state index contributed by atoms with van der Waals surface area (Å²) in [4.78, 5) is 5.14. The summed E-state index contributed by atoms with van der Waals surface area (Å²) in [6.45, 7) is 14.2. The first-order valence-corrected chi connectivity index (χ1v) is 11.5. The third kappa shape index (κ3) is 4.65. The number of aromatic nitrogens is 1. The number of hydrogen-bond acceptors (Lipinski definition) is 3. The molecule has 0 spiro atoms. The zero-order valence-corrected chi connectivity index (χ0v) is 20.6. The second kappa shape index (κ2) is 9.20. The van der Waals surface area contributed by atoms with Crippen molar-refractivity contribution in [2.45, 2.75) is 90.9 Å². The zero-order chi connectivity index (χ0) is 19.2. The molecule has 1 fully saturated rings. The second-order valence-electron chi connectivity index (χ2n) is 9.77. The second-order valence-corrected chi connectivity index (χ2v) is 10.7. The van der Waals surface area contributed by atoms with E-state index in [4.69, 9.17) is 4.98 Å². The lowest BCUT2D eigenvalue weighted by molar-refractivity contribution is 0.331. The number of rotatable bonds is 3. The number of nitrogens with one attached hydrogen (secondary N) is 1. The fourth-order valence-corrected chi connectivity index (χ4v) is 5.85. The monoisotopic (exact) mass is 478 g/mol. The van der Waals surface area contributed by atoms with E-state index in [1.165, 1.54) is 47.5 Å². The number of thiazole rings is 1. The van der Waals surface area contributed by atoms with Crippen molar-refractivity contribution in [1.29, 1.82) is 0 Å². The molecule has 29 heavy (non-hydrogen) atoms. The number of hydrogen-bond donors (Lipinski definition) is 1. The molecule has 1 aliphatic carbocycles. The fourth-order valence-electron chi connectivity index (χ4n) is 4.86. The van der Waals surface area contributed by atoms with Gasteiger partial charge < -0.3 is 5.32 Å². The molecule has 0 saturated carbocycles. The van der Waals surface area contributed by atoms with Crippen LogP contribution in [0.4, 0.5) is 0 Å². The average Bonchev–Trinajstić information content (AvgIpc) is 3.15. The number of fused-ring (bicyclic) bond motifs is 1. The maximum absolute atomic E-state index is 5.14. The molecule has 0 unspecified atom stereocenters. The van der Waals surface area contributed by atoms with Crippen LogP contribution < -0.4 is 5.32 Å².